The Balaban J connectivity index is 2.34. The van der Waals surface area contributed by atoms with E-state index in [1.807, 2.05) is 0 Å². The molecular formula is C13H12ClNO2S. The van der Waals surface area contributed by atoms with Crippen LogP contribution in [0, 0.1) is 6.92 Å². The van der Waals surface area contributed by atoms with Gasteiger partial charge in [-0.15, -0.1) is 0 Å². The fourth-order valence-electron chi connectivity index (χ4n) is 1.54. The van der Waals surface area contributed by atoms with Gasteiger partial charge in [0.15, 0.2) is 0 Å². The maximum atomic E-state index is 12.1. The number of rotatable bonds is 3. The molecule has 0 radical (unpaired) electrons. The monoisotopic (exact) mass is 281 g/mol. The molecule has 0 unspecified atom stereocenters. The SMILES string of the molecule is Cc1cc(Cl)ccc1NS(=O)(=O)c1ccccc1. The molecule has 5 heteroatoms. The standard InChI is InChI=1S/C13H12ClNO2S/c1-10-9-11(14)7-8-13(10)15-18(16,17)12-5-3-2-4-6-12/h2-9,15H,1H3. The summed E-state index contributed by atoms with van der Waals surface area (Å²) in [6.45, 7) is 1.80. The summed E-state index contributed by atoms with van der Waals surface area (Å²) in [5, 5.41) is 0.579. The largest absolute Gasteiger partial charge is 0.279 e. The van der Waals surface area contributed by atoms with E-state index in [-0.39, 0.29) is 4.90 Å². The smallest absolute Gasteiger partial charge is 0.261 e. The molecule has 0 fully saturated rings. The lowest BCUT2D eigenvalue weighted by Crippen LogP contribution is -2.13. The minimum absolute atomic E-state index is 0.236. The zero-order chi connectivity index (χ0) is 13.2. The highest BCUT2D eigenvalue weighted by atomic mass is 35.5. The third-order valence-corrected chi connectivity index (χ3v) is 4.10. The molecule has 2 aromatic rings. The highest BCUT2D eigenvalue weighted by Crippen LogP contribution is 2.22. The number of aryl methyl sites for hydroxylation is 1. The summed E-state index contributed by atoms with van der Waals surface area (Å²) in [5.41, 5.74) is 1.31. The molecule has 0 saturated carbocycles. The summed E-state index contributed by atoms with van der Waals surface area (Å²) in [7, 11) is -3.54. The molecule has 0 spiro atoms. The number of benzene rings is 2. The van der Waals surface area contributed by atoms with Gasteiger partial charge in [0, 0.05) is 5.02 Å². The van der Waals surface area contributed by atoms with E-state index in [1.54, 1.807) is 55.5 Å². The molecule has 0 bridgehead atoms. The summed E-state index contributed by atoms with van der Waals surface area (Å²) in [4.78, 5) is 0.236. The van der Waals surface area contributed by atoms with Gasteiger partial charge in [0.25, 0.3) is 10.0 Å². The van der Waals surface area contributed by atoms with Gasteiger partial charge < -0.3 is 0 Å². The second-order valence-electron chi connectivity index (χ2n) is 3.88. The van der Waals surface area contributed by atoms with Crippen LogP contribution in [-0.4, -0.2) is 8.42 Å². The van der Waals surface area contributed by atoms with Crippen molar-refractivity contribution in [1.82, 2.24) is 0 Å². The molecule has 1 N–H and O–H groups in total. The molecule has 0 amide bonds. The molecule has 0 aliphatic rings. The highest BCUT2D eigenvalue weighted by molar-refractivity contribution is 7.92. The maximum absolute atomic E-state index is 12.1. The van der Waals surface area contributed by atoms with Crippen LogP contribution >= 0.6 is 11.6 Å². The van der Waals surface area contributed by atoms with Gasteiger partial charge in [-0.2, -0.15) is 0 Å². The van der Waals surface area contributed by atoms with E-state index in [0.29, 0.717) is 10.7 Å². The van der Waals surface area contributed by atoms with Gasteiger partial charge in [-0.25, -0.2) is 8.42 Å². The van der Waals surface area contributed by atoms with Crippen LogP contribution in [0.15, 0.2) is 53.4 Å². The Morgan fingerprint density at radius 1 is 1.06 bits per heavy atom. The molecular weight excluding hydrogens is 270 g/mol. The van der Waals surface area contributed by atoms with E-state index in [2.05, 4.69) is 4.72 Å². The first-order valence-electron chi connectivity index (χ1n) is 5.33. The number of anilines is 1. The van der Waals surface area contributed by atoms with Crippen molar-refractivity contribution in [2.24, 2.45) is 0 Å². The lowest BCUT2D eigenvalue weighted by atomic mass is 10.2. The van der Waals surface area contributed by atoms with Crippen LogP contribution in [0.1, 0.15) is 5.56 Å². The first-order valence-corrected chi connectivity index (χ1v) is 7.19. The molecule has 2 rings (SSSR count). The molecule has 3 nitrogen and oxygen atoms in total. The third kappa shape index (κ3) is 2.83. The average Bonchev–Trinajstić information content (AvgIpc) is 2.34. The van der Waals surface area contributed by atoms with Crippen molar-refractivity contribution < 1.29 is 8.42 Å². The summed E-state index contributed by atoms with van der Waals surface area (Å²) in [5.74, 6) is 0. The molecule has 0 aliphatic carbocycles. The normalized spacial score (nSPS) is 11.2. The van der Waals surface area contributed by atoms with Gasteiger partial charge in [-0.3, -0.25) is 4.72 Å². The molecule has 0 saturated heterocycles. The van der Waals surface area contributed by atoms with Crippen molar-refractivity contribution in [2.45, 2.75) is 11.8 Å². The predicted molar refractivity (Wildman–Crippen MR) is 73.4 cm³/mol. The summed E-state index contributed by atoms with van der Waals surface area (Å²) in [6, 6.07) is 13.3. The van der Waals surface area contributed by atoms with Gasteiger partial charge in [0.2, 0.25) is 0 Å². The number of sulfonamides is 1. The topological polar surface area (TPSA) is 46.2 Å². The van der Waals surface area contributed by atoms with Gasteiger partial charge in [-0.05, 0) is 42.8 Å². The van der Waals surface area contributed by atoms with Crippen LogP contribution in [0.3, 0.4) is 0 Å². The molecule has 94 valence electrons. The number of hydrogen-bond donors (Lipinski definition) is 1. The first-order chi connectivity index (χ1) is 8.49. The minimum Gasteiger partial charge on any atom is -0.279 e. The van der Waals surface area contributed by atoms with Crippen LogP contribution in [0.4, 0.5) is 5.69 Å². The average molecular weight is 282 g/mol. The van der Waals surface area contributed by atoms with Gasteiger partial charge >= 0.3 is 0 Å². The van der Waals surface area contributed by atoms with Crippen molar-refractivity contribution in [1.29, 1.82) is 0 Å². The quantitative estimate of drug-likeness (QED) is 0.937. The number of hydrogen-bond acceptors (Lipinski definition) is 2. The Hall–Kier alpha value is -1.52. The Labute approximate surface area is 111 Å². The third-order valence-electron chi connectivity index (χ3n) is 2.49. The first kappa shape index (κ1) is 12.9. The molecule has 0 atom stereocenters. The Bertz CT molecular complexity index is 654. The molecule has 2 aromatic carbocycles. The second-order valence-corrected chi connectivity index (χ2v) is 6.00. The molecule has 0 aliphatic heterocycles. The highest BCUT2D eigenvalue weighted by Gasteiger charge is 2.14. The lowest BCUT2D eigenvalue weighted by molar-refractivity contribution is 0.601. The van der Waals surface area contributed by atoms with Crippen LogP contribution in [-0.2, 0) is 10.0 Å². The fraction of sp³-hybridized carbons (Fsp3) is 0.0769. The summed E-state index contributed by atoms with van der Waals surface area (Å²) < 4.78 is 26.7. The second kappa shape index (κ2) is 5.00. The Morgan fingerprint density at radius 2 is 1.72 bits per heavy atom. The van der Waals surface area contributed by atoms with E-state index in [4.69, 9.17) is 11.6 Å². The van der Waals surface area contributed by atoms with Gasteiger partial charge in [0.1, 0.15) is 0 Å². The predicted octanol–water partition coefficient (Wildman–Crippen LogP) is 3.45. The van der Waals surface area contributed by atoms with Crippen molar-refractivity contribution in [3.05, 3.63) is 59.1 Å². The maximum Gasteiger partial charge on any atom is 0.261 e. The van der Waals surface area contributed by atoms with Crippen molar-refractivity contribution >= 4 is 27.3 Å². The molecule has 0 heterocycles. The summed E-state index contributed by atoms with van der Waals surface area (Å²) in [6.07, 6.45) is 0. The van der Waals surface area contributed by atoms with Crippen LogP contribution in [0.2, 0.25) is 5.02 Å². The van der Waals surface area contributed by atoms with Crippen LogP contribution in [0.25, 0.3) is 0 Å². The fourth-order valence-corrected chi connectivity index (χ4v) is 2.92. The van der Waals surface area contributed by atoms with E-state index in [9.17, 15) is 8.42 Å². The van der Waals surface area contributed by atoms with Gasteiger partial charge in [-0.1, -0.05) is 29.8 Å². The van der Waals surface area contributed by atoms with Crippen LogP contribution < -0.4 is 4.72 Å². The van der Waals surface area contributed by atoms with Crippen molar-refractivity contribution in [3.8, 4) is 0 Å². The summed E-state index contributed by atoms with van der Waals surface area (Å²) >= 11 is 5.83. The van der Waals surface area contributed by atoms with Crippen molar-refractivity contribution in [2.75, 3.05) is 4.72 Å². The van der Waals surface area contributed by atoms with Gasteiger partial charge in [0.05, 0.1) is 10.6 Å². The zero-order valence-electron chi connectivity index (χ0n) is 9.72. The Kier molecular flexibility index (Phi) is 3.59. The van der Waals surface area contributed by atoms with Crippen LogP contribution in [0.5, 0.6) is 0 Å². The lowest BCUT2D eigenvalue weighted by Gasteiger charge is -2.10. The Morgan fingerprint density at radius 3 is 2.33 bits per heavy atom. The zero-order valence-corrected chi connectivity index (χ0v) is 11.3. The molecule has 18 heavy (non-hydrogen) atoms. The number of halogens is 1. The number of nitrogens with one attached hydrogen (secondary N) is 1. The van der Waals surface area contributed by atoms with E-state index < -0.39 is 10.0 Å². The van der Waals surface area contributed by atoms with E-state index in [0.717, 1.165) is 5.56 Å². The van der Waals surface area contributed by atoms with Crippen molar-refractivity contribution in [3.63, 3.8) is 0 Å². The van der Waals surface area contributed by atoms with E-state index >= 15 is 0 Å². The van der Waals surface area contributed by atoms with E-state index in [1.165, 1.54) is 0 Å². The molecule has 0 aromatic heterocycles. The minimum atomic E-state index is -3.54.